The Morgan fingerprint density at radius 3 is 1.71 bits per heavy atom. The minimum Gasteiger partial charge on any atom is -0.508 e. The van der Waals surface area contributed by atoms with Crippen molar-refractivity contribution in [2.45, 2.75) is 52.4 Å². The van der Waals surface area contributed by atoms with E-state index in [1.807, 2.05) is 12.1 Å². The Hall–Kier alpha value is -1.26. The maximum atomic E-state index is 9.48. The van der Waals surface area contributed by atoms with Gasteiger partial charge in [-0.15, -0.1) is 0 Å². The van der Waals surface area contributed by atoms with Gasteiger partial charge in [0, 0.05) is 45.2 Å². The molecule has 0 aliphatic heterocycles. The predicted molar refractivity (Wildman–Crippen MR) is 101 cm³/mol. The molecule has 0 radical (unpaired) electrons. The first-order chi connectivity index (χ1) is 11.8. The number of hydrogen-bond donors (Lipinski definition) is 1. The van der Waals surface area contributed by atoms with Crippen molar-refractivity contribution in [3.8, 4) is 5.75 Å². The van der Waals surface area contributed by atoms with E-state index in [4.69, 9.17) is 9.47 Å². The van der Waals surface area contributed by atoms with Crippen LogP contribution in [0.1, 0.15) is 52.4 Å². The first-order valence-electron chi connectivity index (χ1n) is 9.47. The zero-order valence-electron chi connectivity index (χ0n) is 15.5. The van der Waals surface area contributed by atoms with Crippen molar-refractivity contribution < 1.29 is 14.6 Å². The maximum Gasteiger partial charge on any atom is 0.115 e. The predicted octanol–water partition coefficient (Wildman–Crippen LogP) is 4.61. The summed E-state index contributed by atoms with van der Waals surface area (Å²) in [4.78, 5) is 2.40. The van der Waals surface area contributed by atoms with E-state index in [1.54, 1.807) is 12.1 Å². The fourth-order valence-electron chi connectivity index (χ4n) is 2.54. The number of nitrogens with zero attached hydrogens (tertiary/aromatic N) is 1. The smallest absolute Gasteiger partial charge is 0.115 e. The molecule has 0 aliphatic carbocycles. The van der Waals surface area contributed by atoms with Gasteiger partial charge < -0.3 is 19.5 Å². The monoisotopic (exact) mass is 337 g/mol. The summed E-state index contributed by atoms with van der Waals surface area (Å²) in [5.41, 5.74) is 1.18. The van der Waals surface area contributed by atoms with Gasteiger partial charge >= 0.3 is 0 Å². The van der Waals surface area contributed by atoms with E-state index in [1.165, 1.54) is 5.69 Å². The van der Waals surface area contributed by atoms with Crippen LogP contribution in [0.5, 0.6) is 5.75 Å². The quantitative estimate of drug-likeness (QED) is 0.475. The van der Waals surface area contributed by atoms with Crippen LogP contribution in [0.25, 0.3) is 0 Å². The lowest BCUT2D eigenvalue weighted by Gasteiger charge is -2.25. The van der Waals surface area contributed by atoms with Crippen LogP contribution in [0, 0.1) is 0 Å². The van der Waals surface area contributed by atoms with Gasteiger partial charge in [-0.2, -0.15) is 0 Å². The highest BCUT2D eigenvalue weighted by atomic mass is 16.5. The summed E-state index contributed by atoms with van der Waals surface area (Å²) < 4.78 is 11.1. The number of rotatable bonds is 15. The van der Waals surface area contributed by atoms with Crippen molar-refractivity contribution in [1.82, 2.24) is 0 Å². The molecule has 1 N–H and O–H groups in total. The summed E-state index contributed by atoms with van der Waals surface area (Å²) in [7, 11) is 0. The molecular formula is C20H35NO3. The van der Waals surface area contributed by atoms with Crippen LogP contribution in [0.2, 0.25) is 0 Å². The molecule has 0 saturated heterocycles. The molecule has 0 amide bonds. The summed E-state index contributed by atoms with van der Waals surface area (Å²) in [6.45, 7) is 9.74. The molecule has 0 aliphatic rings. The molecule has 1 aromatic rings. The Bertz CT molecular complexity index is 378. The Morgan fingerprint density at radius 1 is 0.750 bits per heavy atom. The van der Waals surface area contributed by atoms with Gasteiger partial charge in [-0.05, 0) is 62.8 Å². The van der Waals surface area contributed by atoms with Gasteiger partial charge in [0.2, 0.25) is 0 Å². The van der Waals surface area contributed by atoms with E-state index in [2.05, 4.69) is 18.7 Å². The topological polar surface area (TPSA) is 41.9 Å². The molecule has 24 heavy (non-hydrogen) atoms. The molecule has 0 atom stereocenters. The van der Waals surface area contributed by atoms with E-state index in [0.717, 1.165) is 78.0 Å². The van der Waals surface area contributed by atoms with Crippen LogP contribution >= 0.6 is 0 Å². The first-order valence-corrected chi connectivity index (χ1v) is 9.47. The fraction of sp³-hybridized carbons (Fsp3) is 0.700. The number of phenolic OH excluding ortho intramolecular Hbond substituents is 1. The van der Waals surface area contributed by atoms with Gasteiger partial charge in [-0.3, -0.25) is 0 Å². The second-order valence-electron chi connectivity index (χ2n) is 6.14. The molecule has 4 heteroatoms. The summed E-state index contributed by atoms with van der Waals surface area (Å²) in [5, 5.41) is 9.48. The van der Waals surface area contributed by atoms with Crippen LogP contribution in [0.15, 0.2) is 24.3 Å². The molecule has 0 spiro atoms. The average molecular weight is 338 g/mol. The zero-order chi connectivity index (χ0) is 17.5. The Labute approximate surface area is 147 Å². The number of anilines is 1. The molecule has 0 bridgehead atoms. The molecule has 0 fully saturated rings. The minimum atomic E-state index is 0.319. The van der Waals surface area contributed by atoms with Crippen LogP contribution in [0.3, 0.4) is 0 Å². The van der Waals surface area contributed by atoms with Gasteiger partial charge in [0.1, 0.15) is 5.75 Å². The maximum absolute atomic E-state index is 9.48. The molecule has 0 aromatic heterocycles. The minimum absolute atomic E-state index is 0.319. The largest absolute Gasteiger partial charge is 0.508 e. The van der Waals surface area contributed by atoms with Crippen LogP contribution in [-0.4, -0.2) is 44.6 Å². The zero-order valence-corrected chi connectivity index (χ0v) is 15.5. The van der Waals surface area contributed by atoms with Crippen LogP contribution in [0.4, 0.5) is 5.69 Å². The Kier molecular flexibility index (Phi) is 12.2. The van der Waals surface area contributed by atoms with Crippen molar-refractivity contribution in [3.63, 3.8) is 0 Å². The SMILES string of the molecule is CCCOCCCCN(CCCCOCCC)c1ccc(O)cc1. The molecule has 0 saturated carbocycles. The first kappa shape index (κ1) is 20.8. The standard InChI is InChI=1S/C20H35NO3/c1-3-15-23-17-7-5-13-21(14-6-8-18-24-16-4-2)19-9-11-20(22)12-10-19/h9-12,22H,3-8,13-18H2,1-2H3. The van der Waals surface area contributed by atoms with E-state index in [0.29, 0.717) is 5.75 Å². The second-order valence-corrected chi connectivity index (χ2v) is 6.14. The van der Waals surface area contributed by atoms with Crippen molar-refractivity contribution >= 4 is 5.69 Å². The van der Waals surface area contributed by atoms with Gasteiger partial charge in [0.25, 0.3) is 0 Å². The molecular weight excluding hydrogens is 302 g/mol. The highest BCUT2D eigenvalue weighted by molar-refractivity contribution is 5.48. The Balaban J connectivity index is 2.34. The number of hydrogen-bond acceptors (Lipinski definition) is 4. The highest BCUT2D eigenvalue weighted by Crippen LogP contribution is 2.19. The number of phenols is 1. The molecule has 0 unspecified atom stereocenters. The Morgan fingerprint density at radius 2 is 1.25 bits per heavy atom. The van der Waals surface area contributed by atoms with E-state index >= 15 is 0 Å². The van der Waals surface area contributed by atoms with Crippen LogP contribution in [-0.2, 0) is 9.47 Å². The number of ether oxygens (including phenoxy) is 2. The number of aromatic hydroxyl groups is 1. The third-order valence-corrected chi connectivity index (χ3v) is 3.85. The lowest BCUT2D eigenvalue weighted by Crippen LogP contribution is -2.26. The van der Waals surface area contributed by atoms with Crippen LogP contribution < -0.4 is 4.90 Å². The van der Waals surface area contributed by atoms with E-state index < -0.39 is 0 Å². The second kappa shape index (κ2) is 14.1. The van der Waals surface area contributed by atoms with Gasteiger partial charge in [0.15, 0.2) is 0 Å². The number of unbranched alkanes of at least 4 members (excludes halogenated alkanes) is 2. The molecule has 1 aromatic carbocycles. The summed E-state index contributed by atoms with van der Waals surface area (Å²) in [6.07, 6.45) is 6.59. The van der Waals surface area contributed by atoms with Crippen molar-refractivity contribution in [3.05, 3.63) is 24.3 Å². The van der Waals surface area contributed by atoms with Gasteiger partial charge in [0.05, 0.1) is 0 Å². The molecule has 4 nitrogen and oxygen atoms in total. The summed E-state index contributed by atoms with van der Waals surface area (Å²) in [6, 6.07) is 7.51. The summed E-state index contributed by atoms with van der Waals surface area (Å²) >= 11 is 0. The molecule has 0 heterocycles. The molecule has 1 rings (SSSR count). The lowest BCUT2D eigenvalue weighted by molar-refractivity contribution is 0.130. The normalized spacial score (nSPS) is 10.9. The van der Waals surface area contributed by atoms with Gasteiger partial charge in [-0.1, -0.05) is 13.8 Å². The van der Waals surface area contributed by atoms with Crippen molar-refractivity contribution in [1.29, 1.82) is 0 Å². The third-order valence-electron chi connectivity index (χ3n) is 3.85. The van der Waals surface area contributed by atoms with Crippen molar-refractivity contribution in [2.75, 3.05) is 44.4 Å². The average Bonchev–Trinajstić information content (AvgIpc) is 2.60. The van der Waals surface area contributed by atoms with E-state index in [-0.39, 0.29) is 0 Å². The molecule has 138 valence electrons. The highest BCUT2D eigenvalue weighted by Gasteiger charge is 2.06. The van der Waals surface area contributed by atoms with Crippen molar-refractivity contribution in [2.24, 2.45) is 0 Å². The third kappa shape index (κ3) is 9.78. The number of benzene rings is 1. The van der Waals surface area contributed by atoms with E-state index in [9.17, 15) is 5.11 Å². The lowest BCUT2D eigenvalue weighted by atomic mass is 10.2. The van der Waals surface area contributed by atoms with Gasteiger partial charge in [-0.25, -0.2) is 0 Å². The fourth-order valence-corrected chi connectivity index (χ4v) is 2.54. The summed E-state index contributed by atoms with van der Waals surface area (Å²) in [5.74, 6) is 0.319.